The van der Waals surface area contributed by atoms with Crippen molar-refractivity contribution in [2.75, 3.05) is 0 Å². The molecule has 0 spiro atoms. The van der Waals surface area contributed by atoms with Gasteiger partial charge in [0.2, 0.25) is 0 Å². The van der Waals surface area contributed by atoms with Gasteiger partial charge in [-0.1, -0.05) is 20.3 Å². The number of aliphatic hydroxyl groups excluding tert-OH is 2. The molecule has 2 N–H and O–H groups in total. The Balaban J connectivity index is 1.73. The third-order valence-corrected chi connectivity index (χ3v) is 8.15. The summed E-state index contributed by atoms with van der Waals surface area (Å²) in [5.74, 6) is 1.34. The minimum Gasteiger partial charge on any atom is -0.393 e. The number of carbonyl (C=O) groups is 1. The lowest BCUT2D eigenvalue weighted by atomic mass is 9.44. The van der Waals surface area contributed by atoms with E-state index < -0.39 is 0 Å². The van der Waals surface area contributed by atoms with Crippen molar-refractivity contribution in [1.82, 2.24) is 0 Å². The van der Waals surface area contributed by atoms with Gasteiger partial charge in [-0.2, -0.15) is 0 Å². The maximum absolute atomic E-state index is 13.0. The second kappa shape index (κ2) is 4.80. The number of rotatable bonds is 0. The molecule has 0 radical (unpaired) electrons. The van der Waals surface area contributed by atoms with E-state index in [1.54, 1.807) is 0 Å². The van der Waals surface area contributed by atoms with Gasteiger partial charge >= 0.3 is 0 Å². The molecule has 4 fully saturated rings. The molecule has 0 bridgehead atoms. The molecule has 4 saturated carbocycles. The van der Waals surface area contributed by atoms with Crippen molar-refractivity contribution < 1.29 is 15.0 Å². The lowest BCUT2D eigenvalue weighted by Gasteiger charge is -2.60. The van der Waals surface area contributed by atoms with Crippen molar-refractivity contribution in [2.45, 2.75) is 77.4 Å². The minimum absolute atomic E-state index is 0.0428. The molecule has 8 atom stereocenters. The second-order valence-corrected chi connectivity index (χ2v) is 9.28. The van der Waals surface area contributed by atoms with Gasteiger partial charge in [-0.25, -0.2) is 0 Å². The summed E-state index contributed by atoms with van der Waals surface area (Å²) in [5, 5.41) is 21.0. The van der Waals surface area contributed by atoms with E-state index in [1.807, 2.05) is 0 Å². The zero-order valence-electron chi connectivity index (χ0n) is 13.9. The summed E-state index contributed by atoms with van der Waals surface area (Å²) < 4.78 is 0. The zero-order chi connectivity index (χ0) is 15.7. The summed E-state index contributed by atoms with van der Waals surface area (Å²) in [7, 11) is 0. The van der Waals surface area contributed by atoms with Crippen LogP contribution in [0.15, 0.2) is 0 Å². The first kappa shape index (κ1) is 15.1. The molecule has 4 rings (SSSR count). The summed E-state index contributed by atoms with van der Waals surface area (Å²) in [5.41, 5.74) is 0.217. The fourth-order valence-electron chi connectivity index (χ4n) is 7.03. The Morgan fingerprint density at radius 3 is 2.68 bits per heavy atom. The molecule has 0 saturated heterocycles. The Kier molecular flexibility index (Phi) is 3.30. The molecule has 0 heterocycles. The van der Waals surface area contributed by atoms with E-state index in [9.17, 15) is 15.0 Å². The van der Waals surface area contributed by atoms with Crippen molar-refractivity contribution in [3.05, 3.63) is 0 Å². The highest BCUT2D eigenvalue weighted by molar-refractivity contribution is 5.83. The first-order valence-corrected chi connectivity index (χ1v) is 9.24. The van der Waals surface area contributed by atoms with E-state index in [1.165, 1.54) is 19.3 Å². The SMILES string of the molecule is C[C@@]12CCC[C@H]1[C@@H]1C(=O)C[C@H]3C[C@H](O)CC[C@]3(C)[C@H]1[C@H](O)C2. The van der Waals surface area contributed by atoms with Crippen LogP contribution in [0.4, 0.5) is 0 Å². The highest BCUT2D eigenvalue weighted by Crippen LogP contribution is 2.65. The molecule has 3 heteroatoms. The molecule has 4 aliphatic rings. The van der Waals surface area contributed by atoms with Gasteiger partial charge in [0.05, 0.1) is 12.2 Å². The minimum atomic E-state index is -0.337. The normalized spacial score (nSPS) is 57.9. The fraction of sp³-hybridized carbons (Fsp3) is 0.947. The molecule has 0 aromatic rings. The fourth-order valence-corrected chi connectivity index (χ4v) is 7.03. The third kappa shape index (κ3) is 1.91. The average molecular weight is 306 g/mol. The van der Waals surface area contributed by atoms with Gasteiger partial charge in [-0.3, -0.25) is 4.79 Å². The standard InChI is InChI=1S/C19H30O3/c1-18-6-3-4-13(18)16-14(21)9-11-8-12(20)5-7-19(11,2)17(16)15(22)10-18/h11-13,15-17,20,22H,3-10H2,1-2H3/t11-,12-,13+,15-,16-,17+,18+,19+/m1/s1. The van der Waals surface area contributed by atoms with Gasteiger partial charge in [0, 0.05) is 18.3 Å². The maximum Gasteiger partial charge on any atom is 0.136 e. The Labute approximate surface area is 133 Å². The number of fused-ring (bicyclic) bond motifs is 5. The molecule has 0 aromatic heterocycles. The van der Waals surface area contributed by atoms with Crippen LogP contribution in [0.1, 0.15) is 65.2 Å². The van der Waals surface area contributed by atoms with Gasteiger partial charge in [0.15, 0.2) is 0 Å². The van der Waals surface area contributed by atoms with Crippen LogP contribution in [0.2, 0.25) is 0 Å². The van der Waals surface area contributed by atoms with Crippen LogP contribution < -0.4 is 0 Å². The molecule has 3 nitrogen and oxygen atoms in total. The molecule has 0 aromatic carbocycles. The van der Waals surface area contributed by atoms with Crippen molar-refractivity contribution in [3.8, 4) is 0 Å². The van der Waals surface area contributed by atoms with E-state index in [4.69, 9.17) is 0 Å². The Bertz CT molecular complexity index is 489. The van der Waals surface area contributed by atoms with Gasteiger partial charge in [0.25, 0.3) is 0 Å². The molecule has 124 valence electrons. The molecule has 0 aliphatic heterocycles. The highest BCUT2D eigenvalue weighted by Gasteiger charge is 2.63. The van der Waals surface area contributed by atoms with Gasteiger partial charge in [-0.15, -0.1) is 0 Å². The highest BCUT2D eigenvalue weighted by atomic mass is 16.3. The monoisotopic (exact) mass is 306 g/mol. The Morgan fingerprint density at radius 2 is 1.91 bits per heavy atom. The largest absolute Gasteiger partial charge is 0.393 e. The van der Waals surface area contributed by atoms with Crippen LogP contribution in [-0.4, -0.2) is 28.2 Å². The van der Waals surface area contributed by atoms with Crippen molar-refractivity contribution in [1.29, 1.82) is 0 Å². The number of Topliss-reactive ketones (excluding diaryl/α,β-unsaturated/α-hetero) is 1. The average Bonchev–Trinajstić information content (AvgIpc) is 2.81. The number of ketones is 1. The summed E-state index contributed by atoms with van der Waals surface area (Å²) in [6, 6.07) is 0. The van der Waals surface area contributed by atoms with E-state index >= 15 is 0 Å². The predicted octanol–water partition coefficient (Wildman–Crippen LogP) is 2.93. The van der Waals surface area contributed by atoms with Gasteiger partial charge in [-0.05, 0) is 61.2 Å². The molecular weight excluding hydrogens is 276 g/mol. The maximum atomic E-state index is 13.0. The van der Waals surface area contributed by atoms with Gasteiger partial charge in [0.1, 0.15) is 5.78 Å². The number of carbonyl (C=O) groups excluding carboxylic acids is 1. The van der Waals surface area contributed by atoms with Crippen molar-refractivity contribution >= 4 is 5.78 Å². The van der Waals surface area contributed by atoms with E-state index in [0.29, 0.717) is 18.1 Å². The Morgan fingerprint density at radius 1 is 1.14 bits per heavy atom. The second-order valence-electron chi connectivity index (χ2n) is 9.28. The van der Waals surface area contributed by atoms with Crippen LogP contribution in [0.25, 0.3) is 0 Å². The zero-order valence-corrected chi connectivity index (χ0v) is 13.9. The predicted molar refractivity (Wildman–Crippen MR) is 84.1 cm³/mol. The molecule has 22 heavy (non-hydrogen) atoms. The lowest BCUT2D eigenvalue weighted by Crippen LogP contribution is -2.61. The number of hydrogen-bond donors (Lipinski definition) is 2. The van der Waals surface area contributed by atoms with E-state index in [2.05, 4.69) is 13.8 Å². The summed E-state index contributed by atoms with van der Waals surface area (Å²) in [6.07, 6.45) is 7.02. The summed E-state index contributed by atoms with van der Waals surface area (Å²) >= 11 is 0. The van der Waals surface area contributed by atoms with E-state index in [0.717, 1.165) is 25.7 Å². The summed E-state index contributed by atoms with van der Waals surface area (Å²) in [6.45, 7) is 4.60. The smallest absolute Gasteiger partial charge is 0.136 e. The molecular formula is C19H30O3. The number of hydrogen-bond acceptors (Lipinski definition) is 3. The van der Waals surface area contributed by atoms with Crippen LogP contribution in [0, 0.1) is 34.5 Å². The Hall–Kier alpha value is -0.410. The van der Waals surface area contributed by atoms with E-state index in [-0.39, 0.29) is 40.8 Å². The molecule has 4 aliphatic carbocycles. The third-order valence-electron chi connectivity index (χ3n) is 8.15. The van der Waals surface area contributed by atoms with Crippen LogP contribution in [0.3, 0.4) is 0 Å². The van der Waals surface area contributed by atoms with Crippen molar-refractivity contribution in [3.63, 3.8) is 0 Å². The van der Waals surface area contributed by atoms with Crippen molar-refractivity contribution in [2.24, 2.45) is 34.5 Å². The first-order chi connectivity index (χ1) is 10.3. The van der Waals surface area contributed by atoms with Crippen LogP contribution in [-0.2, 0) is 4.79 Å². The first-order valence-electron chi connectivity index (χ1n) is 9.24. The van der Waals surface area contributed by atoms with Crippen LogP contribution >= 0.6 is 0 Å². The number of aliphatic hydroxyl groups is 2. The summed E-state index contributed by atoms with van der Waals surface area (Å²) in [4.78, 5) is 13.0. The lowest BCUT2D eigenvalue weighted by molar-refractivity contribution is -0.181. The quantitative estimate of drug-likeness (QED) is 0.723. The topological polar surface area (TPSA) is 57.5 Å². The van der Waals surface area contributed by atoms with Crippen LogP contribution in [0.5, 0.6) is 0 Å². The molecule has 0 amide bonds. The van der Waals surface area contributed by atoms with Gasteiger partial charge < -0.3 is 10.2 Å². The molecule has 0 unspecified atom stereocenters.